The minimum absolute atomic E-state index is 0.424. The summed E-state index contributed by atoms with van der Waals surface area (Å²) in [5.41, 5.74) is 1.64. The molecule has 1 N–H and O–H groups in total. The van der Waals surface area contributed by atoms with Crippen molar-refractivity contribution in [1.29, 1.82) is 0 Å². The zero-order valence-corrected chi connectivity index (χ0v) is 12.6. The van der Waals surface area contributed by atoms with Gasteiger partial charge in [0.1, 0.15) is 0 Å². The Labute approximate surface area is 111 Å². The highest BCUT2D eigenvalue weighted by atomic mass is 32.2. The summed E-state index contributed by atoms with van der Waals surface area (Å²) in [5, 5.41) is -0.424. The van der Waals surface area contributed by atoms with Crippen molar-refractivity contribution < 1.29 is 8.42 Å². The van der Waals surface area contributed by atoms with Gasteiger partial charge in [-0.3, -0.25) is 0 Å². The normalized spacial score (nSPS) is 13.0. The van der Waals surface area contributed by atoms with E-state index >= 15 is 0 Å². The van der Waals surface area contributed by atoms with Gasteiger partial charge in [0, 0.05) is 0 Å². The maximum Gasteiger partial charge on any atom is 0.214 e. The van der Waals surface area contributed by atoms with E-state index in [1.165, 1.54) is 5.56 Å². The summed E-state index contributed by atoms with van der Waals surface area (Å²) in [7, 11) is -3.27. The monoisotopic (exact) mass is 269 g/mol. The van der Waals surface area contributed by atoms with E-state index in [1.54, 1.807) is 13.8 Å². The molecule has 102 valence electrons. The van der Waals surface area contributed by atoms with Crippen molar-refractivity contribution in [1.82, 2.24) is 4.72 Å². The Balaban J connectivity index is 2.99. The lowest BCUT2D eigenvalue weighted by atomic mass is 9.94. The Bertz CT molecular complexity index is 487. The number of benzene rings is 1. The molecule has 0 heterocycles. The maximum absolute atomic E-state index is 11.9. The van der Waals surface area contributed by atoms with E-state index in [4.69, 9.17) is 0 Å². The molecule has 0 aliphatic rings. The SMILES string of the molecule is CCc1ccc(C(C)(C)NS(=O)(=O)C(C)C)cc1. The van der Waals surface area contributed by atoms with Crippen LogP contribution in [0.1, 0.15) is 45.7 Å². The number of sulfonamides is 1. The fourth-order valence-electron chi connectivity index (χ4n) is 1.69. The summed E-state index contributed by atoms with van der Waals surface area (Å²) in [6, 6.07) is 8.06. The Morgan fingerprint density at radius 3 is 2.06 bits per heavy atom. The Morgan fingerprint density at radius 2 is 1.67 bits per heavy atom. The smallest absolute Gasteiger partial charge is 0.212 e. The van der Waals surface area contributed by atoms with E-state index < -0.39 is 20.8 Å². The number of aryl methyl sites for hydroxylation is 1. The lowest BCUT2D eigenvalue weighted by molar-refractivity contribution is 0.468. The molecule has 0 unspecified atom stereocenters. The molecular weight excluding hydrogens is 246 g/mol. The lowest BCUT2D eigenvalue weighted by Gasteiger charge is -2.28. The van der Waals surface area contributed by atoms with Crippen molar-refractivity contribution in [3.05, 3.63) is 35.4 Å². The van der Waals surface area contributed by atoms with Gasteiger partial charge in [0.05, 0.1) is 10.8 Å². The molecule has 3 nitrogen and oxygen atoms in total. The van der Waals surface area contributed by atoms with E-state index in [0.717, 1.165) is 12.0 Å². The van der Waals surface area contributed by atoms with Crippen LogP contribution in [0.4, 0.5) is 0 Å². The Kier molecular flexibility index (Phi) is 4.56. The second-order valence-corrected chi connectivity index (χ2v) is 7.61. The molecule has 0 spiro atoms. The second-order valence-electron chi connectivity index (χ2n) is 5.37. The minimum Gasteiger partial charge on any atom is -0.212 e. The van der Waals surface area contributed by atoms with E-state index in [9.17, 15) is 8.42 Å². The van der Waals surface area contributed by atoms with Gasteiger partial charge in [0.15, 0.2) is 0 Å². The fraction of sp³-hybridized carbons (Fsp3) is 0.571. The van der Waals surface area contributed by atoms with Crippen LogP contribution in [0.25, 0.3) is 0 Å². The molecule has 18 heavy (non-hydrogen) atoms. The summed E-state index contributed by atoms with van der Waals surface area (Å²) in [4.78, 5) is 0. The Hall–Kier alpha value is -0.870. The van der Waals surface area contributed by atoms with E-state index in [1.807, 2.05) is 38.1 Å². The molecule has 0 atom stereocenters. The molecule has 0 saturated heterocycles. The average Bonchev–Trinajstić information content (AvgIpc) is 2.27. The highest BCUT2D eigenvalue weighted by molar-refractivity contribution is 7.90. The molecule has 1 rings (SSSR count). The zero-order valence-electron chi connectivity index (χ0n) is 11.8. The first-order valence-electron chi connectivity index (χ1n) is 6.31. The van der Waals surface area contributed by atoms with Crippen LogP contribution in [0.15, 0.2) is 24.3 Å². The van der Waals surface area contributed by atoms with Crippen molar-refractivity contribution in [3.8, 4) is 0 Å². The molecule has 0 aliphatic carbocycles. The molecule has 0 amide bonds. The first-order chi connectivity index (χ1) is 8.19. The van der Waals surface area contributed by atoms with Gasteiger partial charge in [-0.25, -0.2) is 13.1 Å². The molecule has 0 aliphatic heterocycles. The number of rotatable bonds is 5. The molecule has 4 heteroatoms. The highest BCUT2D eigenvalue weighted by Gasteiger charge is 2.28. The fourth-order valence-corrected chi connectivity index (χ4v) is 2.75. The molecule has 0 bridgehead atoms. The summed E-state index contributed by atoms with van der Waals surface area (Å²) in [5.74, 6) is 0. The van der Waals surface area contributed by atoms with Gasteiger partial charge in [-0.05, 0) is 45.2 Å². The van der Waals surface area contributed by atoms with Gasteiger partial charge in [0.25, 0.3) is 0 Å². The molecule has 1 aromatic rings. The van der Waals surface area contributed by atoms with Gasteiger partial charge in [0.2, 0.25) is 10.0 Å². The van der Waals surface area contributed by atoms with Gasteiger partial charge >= 0.3 is 0 Å². The highest BCUT2D eigenvalue weighted by Crippen LogP contribution is 2.22. The molecule has 0 aromatic heterocycles. The standard InChI is InChI=1S/C14H23NO2S/c1-6-12-7-9-13(10-8-12)14(4,5)15-18(16,17)11(2)3/h7-11,15H,6H2,1-5H3. The van der Waals surface area contributed by atoms with E-state index in [0.29, 0.717) is 0 Å². The summed E-state index contributed by atoms with van der Waals surface area (Å²) in [6.45, 7) is 9.22. The van der Waals surface area contributed by atoms with Gasteiger partial charge < -0.3 is 0 Å². The van der Waals surface area contributed by atoms with Crippen LogP contribution in [0.2, 0.25) is 0 Å². The van der Waals surface area contributed by atoms with Crippen LogP contribution in [0, 0.1) is 0 Å². The van der Waals surface area contributed by atoms with Crippen LogP contribution >= 0.6 is 0 Å². The average molecular weight is 269 g/mol. The van der Waals surface area contributed by atoms with Crippen molar-refractivity contribution in [2.24, 2.45) is 0 Å². The summed E-state index contributed by atoms with van der Waals surface area (Å²) in [6.07, 6.45) is 0.985. The third kappa shape index (κ3) is 3.56. The molecule has 0 fully saturated rings. The van der Waals surface area contributed by atoms with Crippen molar-refractivity contribution in [2.45, 2.75) is 51.8 Å². The van der Waals surface area contributed by atoms with Gasteiger partial charge in [-0.15, -0.1) is 0 Å². The zero-order chi connectivity index (χ0) is 14.0. The summed E-state index contributed by atoms with van der Waals surface area (Å²) >= 11 is 0. The lowest BCUT2D eigenvalue weighted by Crippen LogP contribution is -2.44. The number of nitrogens with one attached hydrogen (secondary N) is 1. The molecule has 1 aromatic carbocycles. The minimum atomic E-state index is -3.27. The first kappa shape index (κ1) is 15.2. The third-order valence-electron chi connectivity index (χ3n) is 3.10. The molecular formula is C14H23NO2S. The topological polar surface area (TPSA) is 46.2 Å². The van der Waals surface area contributed by atoms with Crippen LogP contribution in [-0.4, -0.2) is 13.7 Å². The van der Waals surface area contributed by atoms with Crippen LogP contribution in [0.3, 0.4) is 0 Å². The molecule has 0 radical (unpaired) electrons. The van der Waals surface area contributed by atoms with Gasteiger partial charge in [-0.1, -0.05) is 31.2 Å². The number of hydrogen-bond acceptors (Lipinski definition) is 2. The van der Waals surface area contributed by atoms with Crippen molar-refractivity contribution in [2.75, 3.05) is 0 Å². The van der Waals surface area contributed by atoms with Crippen LogP contribution in [0.5, 0.6) is 0 Å². The van der Waals surface area contributed by atoms with Crippen molar-refractivity contribution >= 4 is 10.0 Å². The first-order valence-corrected chi connectivity index (χ1v) is 7.86. The van der Waals surface area contributed by atoms with Crippen LogP contribution in [-0.2, 0) is 22.0 Å². The van der Waals surface area contributed by atoms with Gasteiger partial charge in [-0.2, -0.15) is 0 Å². The Morgan fingerprint density at radius 1 is 1.17 bits per heavy atom. The quantitative estimate of drug-likeness (QED) is 0.893. The maximum atomic E-state index is 11.9. The van der Waals surface area contributed by atoms with E-state index in [2.05, 4.69) is 11.6 Å². The third-order valence-corrected chi connectivity index (χ3v) is 5.14. The second kappa shape index (κ2) is 5.41. The largest absolute Gasteiger partial charge is 0.214 e. The predicted octanol–water partition coefficient (Wildman–Crippen LogP) is 2.81. The van der Waals surface area contributed by atoms with Crippen LogP contribution < -0.4 is 4.72 Å². The molecule has 0 saturated carbocycles. The predicted molar refractivity (Wildman–Crippen MR) is 76.0 cm³/mol. The summed E-state index contributed by atoms with van der Waals surface area (Å²) < 4.78 is 26.6. The van der Waals surface area contributed by atoms with E-state index in [-0.39, 0.29) is 0 Å². The van der Waals surface area contributed by atoms with Crippen molar-refractivity contribution in [3.63, 3.8) is 0 Å². The number of hydrogen-bond donors (Lipinski definition) is 1.